The number of rotatable bonds is 3. The highest BCUT2D eigenvalue weighted by atomic mass is 35.5. The van der Waals surface area contributed by atoms with Crippen LogP contribution in [0.4, 0.5) is 5.69 Å². The van der Waals surface area contributed by atoms with Gasteiger partial charge in [0.15, 0.2) is 0 Å². The Kier molecular flexibility index (Phi) is 3.61. The van der Waals surface area contributed by atoms with E-state index in [2.05, 4.69) is 5.32 Å². The molecule has 1 heterocycles. The number of carbonyl (C=O) groups is 1. The summed E-state index contributed by atoms with van der Waals surface area (Å²) in [4.78, 5) is 12.1. The molecule has 0 radical (unpaired) electrons. The first-order chi connectivity index (χ1) is 8.09. The fourth-order valence-electron chi connectivity index (χ4n) is 1.71. The fraction of sp³-hybridized carbons (Fsp3) is 0.417. The van der Waals surface area contributed by atoms with E-state index in [9.17, 15) is 4.79 Å². The first kappa shape index (κ1) is 12.7. The third kappa shape index (κ3) is 2.28. The van der Waals surface area contributed by atoms with Crippen LogP contribution in [0.1, 0.15) is 13.3 Å². The summed E-state index contributed by atoms with van der Waals surface area (Å²) in [6.45, 7) is 2.88. The van der Waals surface area contributed by atoms with E-state index >= 15 is 0 Å². The molecule has 0 aliphatic carbocycles. The van der Waals surface area contributed by atoms with Crippen LogP contribution in [0.3, 0.4) is 0 Å². The quantitative estimate of drug-likeness (QED) is 0.917. The summed E-state index contributed by atoms with van der Waals surface area (Å²) in [6.07, 6.45) is 0.737. The zero-order valence-corrected chi connectivity index (χ0v) is 10.9. The smallest absolute Gasteiger partial charge is 0.235 e. The molecule has 1 amide bonds. The standard InChI is InChI=1S/C12H13Cl2NO2/c1-2-12(6-17-7-12)11(16)15-10-8(13)4-3-5-9(10)14/h3-5H,2,6-7H2,1H3,(H,15,16). The number of amides is 1. The fourth-order valence-corrected chi connectivity index (χ4v) is 2.20. The second-order valence-corrected chi connectivity index (χ2v) is 4.99. The van der Waals surface area contributed by atoms with E-state index in [4.69, 9.17) is 27.9 Å². The Balaban J connectivity index is 2.18. The monoisotopic (exact) mass is 273 g/mol. The molecule has 1 aliphatic heterocycles. The van der Waals surface area contributed by atoms with Gasteiger partial charge in [0.1, 0.15) is 0 Å². The number of anilines is 1. The molecule has 1 aliphatic rings. The van der Waals surface area contributed by atoms with Crippen LogP contribution >= 0.6 is 23.2 Å². The third-order valence-electron chi connectivity index (χ3n) is 3.12. The molecule has 0 unspecified atom stereocenters. The van der Waals surface area contributed by atoms with E-state index in [0.29, 0.717) is 28.9 Å². The second-order valence-electron chi connectivity index (χ2n) is 4.18. The van der Waals surface area contributed by atoms with Crippen molar-refractivity contribution in [3.63, 3.8) is 0 Å². The maximum absolute atomic E-state index is 12.1. The first-order valence-electron chi connectivity index (χ1n) is 5.42. The molecule has 2 rings (SSSR count). The van der Waals surface area contributed by atoms with Gasteiger partial charge in [0.25, 0.3) is 0 Å². The molecule has 0 bridgehead atoms. The molecule has 17 heavy (non-hydrogen) atoms. The summed E-state index contributed by atoms with van der Waals surface area (Å²) in [7, 11) is 0. The lowest BCUT2D eigenvalue weighted by Crippen LogP contribution is -2.51. The van der Waals surface area contributed by atoms with Crippen molar-refractivity contribution in [2.75, 3.05) is 18.5 Å². The molecule has 1 N–H and O–H groups in total. The SMILES string of the molecule is CCC1(C(=O)Nc2c(Cl)cccc2Cl)COC1. The van der Waals surface area contributed by atoms with Gasteiger partial charge in [0.2, 0.25) is 5.91 Å². The summed E-state index contributed by atoms with van der Waals surface area (Å²) in [6, 6.07) is 5.13. The van der Waals surface area contributed by atoms with Crippen LogP contribution in [0.2, 0.25) is 10.0 Å². The molecule has 1 fully saturated rings. The van der Waals surface area contributed by atoms with E-state index in [-0.39, 0.29) is 5.91 Å². The van der Waals surface area contributed by atoms with Gasteiger partial charge in [0, 0.05) is 0 Å². The number of para-hydroxylation sites is 1. The molecule has 1 saturated heterocycles. The number of ether oxygens (including phenoxy) is 1. The van der Waals surface area contributed by atoms with E-state index in [1.807, 2.05) is 6.92 Å². The van der Waals surface area contributed by atoms with Crippen molar-refractivity contribution in [2.45, 2.75) is 13.3 Å². The minimum absolute atomic E-state index is 0.0822. The van der Waals surface area contributed by atoms with Gasteiger partial charge in [-0.2, -0.15) is 0 Å². The zero-order valence-electron chi connectivity index (χ0n) is 9.43. The van der Waals surface area contributed by atoms with Crippen LogP contribution in [0, 0.1) is 5.41 Å². The Morgan fingerprint density at radius 2 is 2.00 bits per heavy atom. The number of hydrogen-bond donors (Lipinski definition) is 1. The van der Waals surface area contributed by atoms with Gasteiger partial charge in [-0.25, -0.2) is 0 Å². The number of hydrogen-bond acceptors (Lipinski definition) is 2. The summed E-state index contributed by atoms with van der Waals surface area (Å²) >= 11 is 12.0. The molecule has 1 aromatic rings. The molecular weight excluding hydrogens is 261 g/mol. The van der Waals surface area contributed by atoms with Crippen molar-refractivity contribution in [3.8, 4) is 0 Å². The largest absolute Gasteiger partial charge is 0.379 e. The van der Waals surface area contributed by atoms with Crippen LogP contribution in [-0.4, -0.2) is 19.1 Å². The van der Waals surface area contributed by atoms with Crippen LogP contribution < -0.4 is 5.32 Å². The number of halogens is 2. The maximum Gasteiger partial charge on any atom is 0.235 e. The Hall–Kier alpha value is -0.770. The van der Waals surface area contributed by atoms with E-state index in [1.165, 1.54) is 0 Å². The number of nitrogens with one attached hydrogen (secondary N) is 1. The highest BCUT2D eigenvalue weighted by molar-refractivity contribution is 6.39. The van der Waals surface area contributed by atoms with Crippen molar-refractivity contribution in [2.24, 2.45) is 5.41 Å². The molecule has 1 aromatic carbocycles. The summed E-state index contributed by atoms with van der Waals surface area (Å²) in [5, 5.41) is 3.67. The van der Waals surface area contributed by atoms with Crippen molar-refractivity contribution in [1.29, 1.82) is 0 Å². The van der Waals surface area contributed by atoms with E-state index in [0.717, 1.165) is 6.42 Å². The summed E-state index contributed by atoms with van der Waals surface area (Å²) in [5.41, 5.74) is 0.0447. The van der Waals surface area contributed by atoms with Crippen LogP contribution in [-0.2, 0) is 9.53 Å². The Labute approximate surface area is 110 Å². The average molecular weight is 274 g/mol. The first-order valence-corrected chi connectivity index (χ1v) is 6.18. The van der Waals surface area contributed by atoms with E-state index < -0.39 is 5.41 Å². The van der Waals surface area contributed by atoms with Gasteiger partial charge in [-0.1, -0.05) is 36.2 Å². The molecule has 0 aromatic heterocycles. The molecule has 5 heteroatoms. The lowest BCUT2D eigenvalue weighted by atomic mass is 9.82. The predicted octanol–water partition coefficient (Wildman–Crippen LogP) is 3.36. The van der Waals surface area contributed by atoms with E-state index in [1.54, 1.807) is 18.2 Å². The topological polar surface area (TPSA) is 38.3 Å². The maximum atomic E-state index is 12.1. The Morgan fingerprint density at radius 3 is 2.41 bits per heavy atom. The molecule has 92 valence electrons. The highest BCUT2D eigenvalue weighted by Crippen LogP contribution is 2.35. The van der Waals surface area contributed by atoms with Crippen molar-refractivity contribution < 1.29 is 9.53 Å². The summed E-state index contributed by atoms with van der Waals surface area (Å²) in [5.74, 6) is -0.0822. The number of carbonyl (C=O) groups excluding carboxylic acids is 1. The number of benzene rings is 1. The van der Waals surface area contributed by atoms with Crippen molar-refractivity contribution >= 4 is 34.8 Å². The zero-order chi connectivity index (χ0) is 12.5. The molecular formula is C12H13Cl2NO2. The van der Waals surface area contributed by atoms with Crippen LogP contribution in [0.5, 0.6) is 0 Å². The second kappa shape index (κ2) is 4.84. The minimum atomic E-state index is -0.428. The third-order valence-corrected chi connectivity index (χ3v) is 3.75. The molecule has 0 saturated carbocycles. The summed E-state index contributed by atoms with van der Waals surface area (Å²) < 4.78 is 5.12. The van der Waals surface area contributed by atoms with Gasteiger partial charge in [-0.05, 0) is 18.6 Å². The van der Waals surface area contributed by atoms with Gasteiger partial charge in [-0.3, -0.25) is 4.79 Å². The lowest BCUT2D eigenvalue weighted by Gasteiger charge is -2.39. The molecule has 3 nitrogen and oxygen atoms in total. The molecule has 0 atom stereocenters. The van der Waals surface area contributed by atoms with Gasteiger partial charge in [-0.15, -0.1) is 0 Å². The van der Waals surface area contributed by atoms with Gasteiger partial charge in [0.05, 0.1) is 34.4 Å². The van der Waals surface area contributed by atoms with Crippen LogP contribution in [0.25, 0.3) is 0 Å². The predicted molar refractivity (Wildman–Crippen MR) is 68.6 cm³/mol. The normalized spacial score (nSPS) is 17.4. The Morgan fingerprint density at radius 1 is 1.41 bits per heavy atom. The average Bonchev–Trinajstić information content (AvgIpc) is 2.23. The van der Waals surface area contributed by atoms with Crippen molar-refractivity contribution in [1.82, 2.24) is 0 Å². The van der Waals surface area contributed by atoms with Gasteiger partial charge < -0.3 is 10.1 Å². The van der Waals surface area contributed by atoms with Crippen molar-refractivity contribution in [3.05, 3.63) is 28.2 Å². The molecule has 0 spiro atoms. The van der Waals surface area contributed by atoms with Gasteiger partial charge >= 0.3 is 0 Å². The highest BCUT2D eigenvalue weighted by Gasteiger charge is 2.44. The lowest BCUT2D eigenvalue weighted by molar-refractivity contribution is -0.156. The minimum Gasteiger partial charge on any atom is -0.379 e. The van der Waals surface area contributed by atoms with Crippen LogP contribution in [0.15, 0.2) is 18.2 Å². The Bertz CT molecular complexity index is 418.